The zero-order chi connectivity index (χ0) is 14.0. The molecular formula is C12H24N2S4. The summed E-state index contributed by atoms with van der Waals surface area (Å²) in [5, 5.41) is 0. The zero-order valence-corrected chi connectivity index (χ0v) is 15.0. The normalized spacial score (nSPS) is 10.2. The van der Waals surface area contributed by atoms with E-state index in [1.807, 2.05) is 0 Å². The zero-order valence-electron chi connectivity index (χ0n) is 11.8. The SMILES string of the molecule is CCN(CC)C(=S)SCCSC(=S)N(CC)CC. The first-order chi connectivity index (χ1) is 8.60. The molecule has 0 saturated heterocycles. The van der Waals surface area contributed by atoms with Crippen LogP contribution in [0.3, 0.4) is 0 Å². The Hall–Kier alpha value is 0.480. The summed E-state index contributed by atoms with van der Waals surface area (Å²) in [5.74, 6) is 2.06. The number of thioether (sulfide) groups is 2. The minimum atomic E-state index is 0.993. The molecule has 0 aromatic rings. The van der Waals surface area contributed by atoms with Crippen LogP contribution in [0.5, 0.6) is 0 Å². The van der Waals surface area contributed by atoms with Crippen molar-refractivity contribution in [2.75, 3.05) is 37.7 Å². The van der Waals surface area contributed by atoms with Gasteiger partial charge >= 0.3 is 0 Å². The van der Waals surface area contributed by atoms with E-state index in [1.54, 1.807) is 23.5 Å². The lowest BCUT2D eigenvalue weighted by molar-refractivity contribution is 0.482. The molecule has 2 nitrogen and oxygen atoms in total. The van der Waals surface area contributed by atoms with Gasteiger partial charge in [-0.3, -0.25) is 0 Å². The Morgan fingerprint density at radius 2 is 1.00 bits per heavy atom. The highest BCUT2D eigenvalue weighted by molar-refractivity contribution is 8.25. The van der Waals surface area contributed by atoms with Gasteiger partial charge in [0.25, 0.3) is 0 Å². The second-order valence-electron chi connectivity index (χ2n) is 3.57. The second-order valence-corrected chi connectivity index (χ2v) is 7.03. The Morgan fingerprint density at radius 3 is 1.22 bits per heavy atom. The summed E-state index contributed by atoms with van der Waals surface area (Å²) < 4.78 is 2.02. The quantitative estimate of drug-likeness (QED) is 0.516. The monoisotopic (exact) mass is 324 g/mol. The summed E-state index contributed by atoms with van der Waals surface area (Å²) in [6, 6.07) is 0. The Labute approximate surface area is 131 Å². The maximum absolute atomic E-state index is 5.39. The molecule has 0 heterocycles. The van der Waals surface area contributed by atoms with Gasteiger partial charge in [0.2, 0.25) is 0 Å². The van der Waals surface area contributed by atoms with Crippen molar-refractivity contribution in [3.63, 3.8) is 0 Å². The molecule has 6 heteroatoms. The van der Waals surface area contributed by atoms with Crippen molar-refractivity contribution in [3.05, 3.63) is 0 Å². The van der Waals surface area contributed by atoms with Crippen LogP contribution >= 0.6 is 48.0 Å². The number of rotatable bonds is 7. The highest BCUT2D eigenvalue weighted by Crippen LogP contribution is 2.15. The van der Waals surface area contributed by atoms with Crippen LogP contribution in [-0.2, 0) is 0 Å². The van der Waals surface area contributed by atoms with E-state index in [2.05, 4.69) is 37.5 Å². The van der Waals surface area contributed by atoms with E-state index in [1.165, 1.54) is 0 Å². The van der Waals surface area contributed by atoms with Crippen molar-refractivity contribution in [2.45, 2.75) is 27.7 Å². The molecule has 0 fully saturated rings. The summed E-state index contributed by atoms with van der Waals surface area (Å²) in [5.41, 5.74) is 0. The molecule has 0 N–H and O–H groups in total. The fourth-order valence-corrected chi connectivity index (χ4v) is 4.32. The first kappa shape index (κ1) is 18.5. The second kappa shape index (κ2) is 11.3. The predicted octanol–water partition coefficient (Wildman–Crippen LogP) is 3.71. The van der Waals surface area contributed by atoms with Crippen LogP contribution in [0.15, 0.2) is 0 Å². The van der Waals surface area contributed by atoms with Gasteiger partial charge in [0.15, 0.2) is 0 Å². The smallest absolute Gasteiger partial charge is 0.136 e. The molecule has 0 bridgehead atoms. The standard InChI is InChI=1S/C12H24N2S4/c1-5-13(6-2)11(15)17-9-10-18-12(16)14(7-3)8-4/h5-10H2,1-4H3. The molecule has 0 aliphatic heterocycles. The Kier molecular flexibility index (Phi) is 11.6. The van der Waals surface area contributed by atoms with Gasteiger partial charge in [-0.2, -0.15) is 0 Å². The Morgan fingerprint density at radius 1 is 0.722 bits per heavy atom. The topological polar surface area (TPSA) is 6.48 Å². The van der Waals surface area contributed by atoms with Crippen LogP contribution < -0.4 is 0 Å². The van der Waals surface area contributed by atoms with Crippen molar-refractivity contribution < 1.29 is 0 Å². The third-order valence-electron chi connectivity index (χ3n) is 2.58. The molecule has 18 heavy (non-hydrogen) atoms. The van der Waals surface area contributed by atoms with E-state index >= 15 is 0 Å². The summed E-state index contributed by atoms with van der Waals surface area (Å²) in [4.78, 5) is 4.43. The number of nitrogens with zero attached hydrogens (tertiary/aromatic N) is 2. The van der Waals surface area contributed by atoms with E-state index < -0.39 is 0 Å². The number of thiocarbonyl (C=S) groups is 2. The van der Waals surface area contributed by atoms with E-state index in [0.29, 0.717) is 0 Å². The lowest BCUT2D eigenvalue weighted by atomic mass is 10.6. The molecule has 0 amide bonds. The first-order valence-corrected chi connectivity index (χ1v) is 9.22. The lowest BCUT2D eigenvalue weighted by Crippen LogP contribution is -2.28. The molecule has 0 spiro atoms. The molecule has 0 rings (SSSR count). The van der Waals surface area contributed by atoms with Crippen LogP contribution in [0.2, 0.25) is 0 Å². The minimum absolute atomic E-state index is 0.993. The van der Waals surface area contributed by atoms with Gasteiger partial charge in [-0.1, -0.05) is 48.0 Å². The molecule has 0 radical (unpaired) electrons. The highest BCUT2D eigenvalue weighted by atomic mass is 32.2. The maximum atomic E-state index is 5.39. The summed E-state index contributed by atoms with van der Waals surface area (Å²) in [6.45, 7) is 12.5. The third-order valence-corrected chi connectivity index (χ3v) is 5.89. The van der Waals surface area contributed by atoms with Crippen LogP contribution in [0, 0.1) is 0 Å². The Balaban J connectivity index is 3.79. The summed E-state index contributed by atoms with van der Waals surface area (Å²) in [7, 11) is 0. The van der Waals surface area contributed by atoms with Crippen molar-refractivity contribution in [3.8, 4) is 0 Å². The first-order valence-electron chi connectivity index (χ1n) is 6.43. The van der Waals surface area contributed by atoms with E-state index in [4.69, 9.17) is 24.4 Å². The number of hydrogen-bond acceptors (Lipinski definition) is 4. The van der Waals surface area contributed by atoms with Crippen LogP contribution in [0.1, 0.15) is 27.7 Å². The largest absolute Gasteiger partial charge is 0.358 e. The molecule has 106 valence electrons. The third kappa shape index (κ3) is 7.16. The van der Waals surface area contributed by atoms with Gasteiger partial charge in [0, 0.05) is 37.7 Å². The van der Waals surface area contributed by atoms with Crippen LogP contribution in [0.4, 0.5) is 0 Å². The van der Waals surface area contributed by atoms with Crippen molar-refractivity contribution in [2.24, 2.45) is 0 Å². The fourth-order valence-electron chi connectivity index (χ4n) is 1.40. The number of hydrogen-bond donors (Lipinski definition) is 0. The minimum Gasteiger partial charge on any atom is -0.358 e. The molecule has 0 aromatic carbocycles. The average molecular weight is 325 g/mol. The summed E-state index contributed by atoms with van der Waals surface area (Å²) in [6.07, 6.45) is 0. The average Bonchev–Trinajstić information content (AvgIpc) is 2.37. The van der Waals surface area contributed by atoms with Gasteiger partial charge in [-0.05, 0) is 27.7 Å². The Bertz CT molecular complexity index is 224. The molecule has 0 aliphatic carbocycles. The van der Waals surface area contributed by atoms with Crippen LogP contribution in [-0.4, -0.2) is 56.1 Å². The molecular weight excluding hydrogens is 300 g/mol. The van der Waals surface area contributed by atoms with Gasteiger partial charge in [0.05, 0.1) is 0 Å². The van der Waals surface area contributed by atoms with Gasteiger partial charge in [-0.15, -0.1) is 0 Å². The maximum Gasteiger partial charge on any atom is 0.136 e. The van der Waals surface area contributed by atoms with Gasteiger partial charge in [-0.25, -0.2) is 0 Å². The van der Waals surface area contributed by atoms with Gasteiger partial charge < -0.3 is 9.80 Å². The predicted molar refractivity (Wildman–Crippen MR) is 96.0 cm³/mol. The van der Waals surface area contributed by atoms with Crippen molar-refractivity contribution >= 4 is 56.6 Å². The van der Waals surface area contributed by atoms with Crippen LogP contribution in [0.25, 0.3) is 0 Å². The van der Waals surface area contributed by atoms with Gasteiger partial charge in [0.1, 0.15) is 8.64 Å². The van der Waals surface area contributed by atoms with E-state index in [-0.39, 0.29) is 0 Å². The lowest BCUT2D eigenvalue weighted by Gasteiger charge is -2.22. The molecule has 0 unspecified atom stereocenters. The molecule has 0 atom stereocenters. The van der Waals surface area contributed by atoms with E-state index in [9.17, 15) is 0 Å². The molecule has 0 aliphatic rings. The van der Waals surface area contributed by atoms with Crippen molar-refractivity contribution in [1.82, 2.24) is 9.80 Å². The highest BCUT2D eigenvalue weighted by Gasteiger charge is 2.08. The summed E-state index contributed by atoms with van der Waals surface area (Å²) >= 11 is 14.3. The van der Waals surface area contributed by atoms with E-state index in [0.717, 1.165) is 46.3 Å². The molecule has 0 saturated carbocycles. The fraction of sp³-hybridized carbons (Fsp3) is 0.833. The molecule has 0 aromatic heterocycles. The van der Waals surface area contributed by atoms with Crippen molar-refractivity contribution in [1.29, 1.82) is 0 Å².